The van der Waals surface area contributed by atoms with Gasteiger partial charge < -0.3 is 31.1 Å². The standard InChI is InChI=1S/C32H38N4O7/c1-15-8-10-36(11-9-15)14-17-4-6-21(34-17)18-5-7-22(37)24-19(18)12-16-13-20-26(35(2)3)28(39)25(31(33)42)30(41)32(20,43)29(40)23(16)27(24)38/h4-7,15-16,20,26,34,37-38,41,43H,8-14H2,1-3H3,(H2,33,42)/t16-,20-,26-,32-/m0/s1. The molecule has 43 heavy (non-hydrogen) atoms. The van der Waals surface area contributed by atoms with Crippen molar-refractivity contribution < 1.29 is 34.8 Å². The number of aliphatic hydroxyl groups excluding tert-OH is 2. The molecule has 228 valence electrons. The molecule has 1 amide bonds. The number of primary amides is 1. The predicted molar refractivity (Wildman–Crippen MR) is 158 cm³/mol. The summed E-state index contributed by atoms with van der Waals surface area (Å²) in [5.74, 6) is -5.89. The number of likely N-dealkylation sites (N-methyl/N-ethyl adjacent to an activating group) is 1. The van der Waals surface area contributed by atoms with Crippen LogP contribution in [-0.4, -0.2) is 91.5 Å². The molecule has 4 atom stereocenters. The zero-order chi connectivity index (χ0) is 31.0. The number of ketones is 2. The number of aromatic amines is 1. The SMILES string of the molecule is CC1CCN(Cc2ccc(-c3ccc(O)c4c3C[C@H]3C[C@H]5[C@H](N(C)C)C(=O)C(C(N)=O)=C(O)[C@@]5(O)C(=O)C3=C4O)[nH]2)CC1. The molecule has 11 nitrogen and oxygen atoms in total. The van der Waals surface area contributed by atoms with Gasteiger partial charge in [-0.1, -0.05) is 6.92 Å². The van der Waals surface area contributed by atoms with Crippen LogP contribution in [0.3, 0.4) is 0 Å². The van der Waals surface area contributed by atoms with Crippen LogP contribution in [0.1, 0.15) is 43.0 Å². The number of Topliss-reactive ketones (excluding diaryl/α,β-unsaturated/α-hetero) is 2. The number of hydrogen-bond donors (Lipinski definition) is 6. The highest BCUT2D eigenvalue weighted by molar-refractivity contribution is 6.24. The molecule has 1 saturated carbocycles. The highest BCUT2D eigenvalue weighted by Gasteiger charge is 2.64. The lowest BCUT2D eigenvalue weighted by Crippen LogP contribution is -2.65. The minimum absolute atomic E-state index is 0.0459. The van der Waals surface area contributed by atoms with Crippen LogP contribution in [0, 0.1) is 17.8 Å². The van der Waals surface area contributed by atoms with Gasteiger partial charge in [0.2, 0.25) is 5.78 Å². The van der Waals surface area contributed by atoms with E-state index in [9.17, 15) is 34.8 Å². The number of nitrogens with zero attached hydrogens (tertiary/aromatic N) is 2. The Balaban J connectivity index is 1.42. The number of likely N-dealkylation sites (tertiary alicyclic amines) is 1. The Morgan fingerprint density at radius 1 is 1.12 bits per heavy atom. The number of piperidine rings is 1. The van der Waals surface area contributed by atoms with E-state index < -0.39 is 58.0 Å². The number of benzene rings is 1. The number of H-pyrrole nitrogens is 1. The number of phenolic OH excluding ortho intramolecular Hbond substituents is 1. The fourth-order valence-corrected chi connectivity index (χ4v) is 7.65. The van der Waals surface area contributed by atoms with Gasteiger partial charge >= 0.3 is 0 Å². The summed E-state index contributed by atoms with van der Waals surface area (Å²) in [6.45, 7) is 5.13. The van der Waals surface area contributed by atoms with E-state index >= 15 is 0 Å². The number of carbonyl (C=O) groups is 3. The lowest BCUT2D eigenvalue weighted by Gasteiger charge is -2.50. The summed E-state index contributed by atoms with van der Waals surface area (Å²) in [5, 5.41) is 45.2. The molecule has 2 aromatic rings. The van der Waals surface area contributed by atoms with Gasteiger partial charge in [0.05, 0.1) is 11.6 Å². The van der Waals surface area contributed by atoms with Gasteiger partial charge in [0.25, 0.3) is 5.91 Å². The van der Waals surface area contributed by atoms with Gasteiger partial charge in [-0.05, 0) is 94.5 Å². The average Bonchev–Trinajstić information content (AvgIpc) is 3.40. The van der Waals surface area contributed by atoms with Gasteiger partial charge in [-0.3, -0.25) is 24.2 Å². The van der Waals surface area contributed by atoms with E-state index in [-0.39, 0.29) is 29.7 Å². The van der Waals surface area contributed by atoms with E-state index in [1.165, 1.54) is 23.8 Å². The van der Waals surface area contributed by atoms with E-state index in [2.05, 4.69) is 16.8 Å². The molecule has 0 radical (unpaired) electrons. The van der Waals surface area contributed by atoms with E-state index in [4.69, 9.17) is 5.73 Å². The van der Waals surface area contributed by atoms with E-state index in [1.807, 2.05) is 12.1 Å². The third kappa shape index (κ3) is 4.40. The first-order valence-corrected chi connectivity index (χ1v) is 14.7. The van der Waals surface area contributed by atoms with Crippen molar-refractivity contribution >= 4 is 23.2 Å². The van der Waals surface area contributed by atoms with E-state index in [1.54, 1.807) is 20.2 Å². The molecule has 2 heterocycles. The summed E-state index contributed by atoms with van der Waals surface area (Å²) in [4.78, 5) is 46.9. The molecule has 1 saturated heterocycles. The Labute approximate surface area is 249 Å². The number of nitrogens with two attached hydrogens (primary N) is 1. The van der Waals surface area contributed by atoms with Gasteiger partial charge in [-0.2, -0.15) is 0 Å². The largest absolute Gasteiger partial charge is 0.508 e. The van der Waals surface area contributed by atoms with E-state index in [0.717, 1.165) is 42.5 Å². The zero-order valence-corrected chi connectivity index (χ0v) is 24.6. The van der Waals surface area contributed by atoms with Crippen molar-refractivity contribution in [3.05, 3.63) is 58.0 Å². The number of amides is 1. The summed E-state index contributed by atoms with van der Waals surface area (Å²) in [6.07, 6.45) is 2.61. The molecular formula is C32H38N4O7. The lowest BCUT2D eigenvalue weighted by molar-refractivity contribution is -0.153. The molecule has 3 aliphatic carbocycles. The van der Waals surface area contributed by atoms with Crippen molar-refractivity contribution in [3.63, 3.8) is 0 Å². The van der Waals surface area contributed by atoms with Gasteiger partial charge in [0.15, 0.2) is 11.4 Å². The molecule has 4 aliphatic rings. The number of phenols is 1. The first kappa shape index (κ1) is 29.2. The van der Waals surface area contributed by atoms with Crippen molar-refractivity contribution in [1.82, 2.24) is 14.8 Å². The van der Waals surface area contributed by atoms with Crippen LogP contribution in [0.25, 0.3) is 17.0 Å². The quantitative estimate of drug-likeness (QED) is 0.285. The number of carbonyl (C=O) groups excluding carboxylic acids is 3. The van der Waals surface area contributed by atoms with Gasteiger partial charge in [0.1, 0.15) is 22.8 Å². The second kappa shape index (κ2) is 10.4. The maximum absolute atomic E-state index is 14.0. The topological polar surface area (TPSA) is 180 Å². The maximum Gasteiger partial charge on any atom is 0.255 e. The number of rotatable bonds is 5. The number of aromatic hydroxyl groups is 1. The first-order valence-electron chi connectivity index (χ1n) is 14.7. The summed E-state index contributed by atoms with van der Waals surface area (Å²) >= 11 is 0. The molecule has 1 aromatic carbocycles. The van der Waals surface area contributed by atoms with Crippen LogP contribution < -0.4 is 5.73 Å². The smallest absolute Gasteiger partial charge is 0.255 e. The van der Waals surface area contributed by atoms with Crippen LogP contribution in [0.4, 0.5) is 0 Å². The monoisotopic (exact) mass is 590 g/mol. The number of hydrogen-bond acceptors (Lipinski definition) is 9. The Morgan fingerprint density at radius 3 is 2.47 bits per heavy atom. The fraction of sp³-hybridized carbons (Fsp3) is 0.469. The lowest BCUT2D eigenvalue weighted by atomic mass is 9.57. The van der Waals surface area contributed by atoms with Crippen LogP contribution in [0.15, 0.2) is 41.2 Å². The molecule has 0 bridgehead atoms. The predicted octanol–water partition coefficient (Wildman–Crippen LogP) is 2.19. The molecule has 1 aliphatic heterocycles. The highest BCUT2D eigenvalue weighted by atomic mass is 16.3. The minimum atomic E-state index is -2.65. The van der Waals surface area contributed by atoms with Crippen molar-refractivity contribution in [1.29, 1.82) is 0 Å². The van der Waals surface area contributed by atoms with Gasteiger partial charge in [-0.25, -0.2) is 0 Å². The summed E-state index contributed by atoms with van der Waals surface area (Å²) in [5.41, 5.74) is 5.06. The zero-order valence-electron chi connectivity index (χ0n) is 24.6. The van der Waals surface area contributed by atoms with Crippen LogP contribution >= 0.6 is 0 Å². The average molecular weight is 591 g/mol. The van der Waals surface area contributed by atoms with Crippen LogP contribution in [-0.2, 0) is 27.3 Å². The van der Waals surface area contributed by atoms with Crippen LogP contribution in [0.5, 0.6) is 5.75 Å². The first-order chi connectivity index (χ1) is 20.3. The van der Waals surface area contributed by atoms with Crippen LogP contribution in [0.2, 0.25) is 0 Å². The van der Waals surface area contributed by atoms with Crippen molar-refractivity contribution in [2.24, 2.45) is 23.5 Å². The fourth-order valence-electron chi connectivity index (χ4n) is 7.65. The van der Waals surface area contributed by atoms with Gasteiger partial charge in [0, 0.05) is 35.0 Å². The minimum Gasteiger partial charge on any atom is -0.508 e. The number of aliphatic hydroxyl groups is 3. The Kier molecular flexibility index (Phi) is 7.02. The number of fused-ring (bicyclic) bond motifs is 3. The highest BCUT2D eigenvalue weighted by Crippen LogP contribution is 2.53. The number of nitrogens with one attached hydrogen (secondary N) is 1. The van der Waals surface area contributed by atoms with Crippen molar-refractivity contribution in [2.75, 3.05) is 27.2 Å². The summed E-state index contributed by atoms with van der Waals surface area (Å²) in [7, 11) is 3.16. The molecule has 2 fully saturated rings. The summed E-state index contributed by atoms with van der Waals surface area (Å²) < 4.78 is 0. The van der Waals surface area contributed by atoms with Crippen molar-refractivity contribution in [2.45, 2.75) is 50.8 Å². The van der Waals surface area contributed by atoms with Crippen molar-refractivity contribution in [3.8, 4) is 17.0 Å². The molecule has 7 N–H and O–H groups in total. The van der Waals surface area contributed by atoms with E-state index in [0.29, 0.717) is 5.56 Å². The third-order valence-corrected chi connectivity index (χ3v) is 9.91. The molecular weight excluding hydrogens is 552 g/mol. The second-order valence-corrected chi connectivity index (χ2v) is 12.8. The molecule has 11 heteroatoms. The summed E-state index contributed by atoms with van der Waals surface area (Å²) in [6, 6.07) is 6.09. The molecule has 6 rings (SSSR count). The number of aromatic nitrogens is 1. The maximum atomic E-state index is 14.0. The molecule has 0 spiro atoms. The Bertz CT molecular complexity index is 1600. The Morgan fingerprint density at radius 2 is 1.81 bits per heavy atom. The Hall–Kier alpha value is -3.93. The normalized spacial score (nSPS) is 28.3. The second-order valence-electron chi connectivity index (χ2n) is 12.8. The molecule has 0 unspecified atom stereocenters. The third-order valence-electron chi connectivity index (χ3n) is 9.91. The molecule has 1 aromatic heterocycles. The van der Waals surface area contributed by atoms with Gasteiger partial charge in [-0.15, -0.1) is 0 Å².